The van der Waals surface area contributed by atoms with Crippen molar-refractivity contribution in [2.75, 3.05) is 18.1 Å². The Morgan fingerprint density at radius 3 is 2.86 bits per heavy atom. The summed E-state index contributed by atoms with van der Waals surface area (Å²) in [6, 6.07) is 5.39. The van der Waals surface area contributed by atoms with Gasteiger partial charge in [0.1, 0.15) is 0 Å². The van der Waals surface area contributed by atoms with Crippen LogP contribution in [0.2, 0.25) is 0 Å². The van der Waals surface area contributed by atoms with Gasteiger partial charge in [-0.2, -0.15) is 11.8 Å². The average molecular weight is 310 g/mol. The van der Waals surface area contributed by atoms with E-state index in [4.69, 9.17) is 0 Å². The summed E-state index contributed by atoms with van der Waals surface area (Å²) in [5, 5.41) is 24.6. The monoisotopic (exact) mass is 310 g/mol. The van der Waals surface area contributed by atoms with Crippen LogP contribution in [0.3, 0.4) is 0 Å². The first kappa shape index (κ1) is 16.3. The molecule has 1 unspecified atom stereocenters. The fourth-order valence-electron chi connectivity index (χ4n) is 2.52. The van der Waals surface area contributed by atoms with Crippen LogP contribution in [-0.4, -0.2) is 33.7 Å². The Morgan fingerprint density at radius 1 is 1.52 bits per heavy atom. The molecule has 0 saturated carbocycles. The molecule has 1 saturated heterocycles. The molecule has 1 aromatic rings. The summed E-state index contributed by atoms with van der Waals surface area (Å²) < 4.78 is 0. The molecule has 0 amide bonds. The summed E-state index contributed by atoms with van der Waals surface area (Å²) in [5.74, 6) is 1.88. The van der Waals surface area contributed by atoms with Crippen molar-refractivity contribution in [3.8, 4) is 0 Å². The third-order valence-corrected chi connectivity index (χ3v) is 5.01. The molecular formula is C15H22N2O3S. The number of aliphatic hydroxyl groups is 1. The maximum atomic E-state index is 11.2. The van der Waals surface area contributed by atoms with Crippen LogP contribution in [0.25, 0.3) is 0 Å². The Bertz CT molecular complexity index is 514. The van der Waals surface area contributed by atoms with Crippen molar-refractivity contribution < 1.29 is 10.0 Å². The Kier molecular flexibility index (Phi) is 5.24. The van der Waals surface area contributed by atoms with E-state index in [1.807, 2.05) is 26.0 Å². The van der Waals surface area contributed by atoms with Gasteiger partial charge in [0, 0.05) is 30.5 Å². The lowest BCUT2D eigenvalue weighted by atomic mass is 9.99. The summed E-state index contributed by atoms with van der Waals surface area (Å²) >= 11 is 1.76. The van der Waals surface area contributed by atoms with Gasteiger partial charge >= 0.3 is 0 Å². The Balaban J connectivity index is 2.00. The largest absolute Gasteiger partial charge is 0.388 e. The molecule has 0 bridgehead atoms. The Labute approximate surface area is 129 Å². The van der Waals surface area contributed by atoms with Gasteiger partial charge in [-0.25, -0.2) is 0 Å². The van der Waals surface area contributed by atoms with E-state index in [1.165, 1.54) is 0 Å². The molecule has 0 aromatic heterocycles. The first-order valence-electron chi connectivity index (χ1n) is 7.19. The molecule has 1 atom stereocenters. The topological polar surface area (TPSA) is 75.4 Å². The number of thioether (sulfide) groups is 1. The third-order valence-electron chi connectivity index (χ3n) is 3.78. The van der Waals surface area contributed by atoms with E-state index >= 15 is 0 Å². The minimum Gasteiger partial charge on any atom is -0.388 e. The van der Waals surface area contributed by atoms with Gasteiger partial charge in [0.25, 0.3) is 5.69 Å². The highest BCUT2D eigenvalue weighted by Gasteiger charge is 2.31. The van der Waals surface area contributed by atoms with E-state index in [0.717, 1.165) is 29.1 Å². The van der Waals surface area contributed by atoms with Crippen molar-refractivity contribution in [1.82, 2.24) is 5.32 Å². The fraction of sp³-hybridized carbons (Fsp3) is 0.600. The van der Waals surface area contributed by atoms with Crippen molar-refractivity contribution >= 4 is 17.4 Å². The van der Waals surface area contributed by atoms with E-state index in [0.29, 0.717) is 13.1 Å². The SMILES string of the molecule is CC(C)c1ccc(CNCC2(O)CCSC2)cc1[N+](=O)[O-]. The highest BCUT2D eigenvalue weighted by Crippen LogP contribution is 2.28. The number of nitro benzene ring substituents is 1. The van der Waals surface area contributed by atoms with Gasteiger partial charge in [-0.15, -0.1) is 0 Å². The summed E-state index contributed by atoms with van der Waals surface area (Å²) in [7, 11) is 0. The summed E-state index contributed by atoms with van der Waals surface area (Å²) in [5.41, 5.74) is 1.18. The lowest BCUT2D eigenvalue weighted by molar-refractivity contribution is -0.385. The van der Waals surface area contributed by atoms with Crippen LogP contribution in [-0.2, 0) is 6.54 Å². The molecule has 116 valence electrons. The number of nitrogens with one attached hydrogen (secondary N) is 1. The molecule has 0 aliphatic carbocycles. The molecule has 6 heteroatoms. The fourth-order valence-corrected chi connectivity index (χ4v) is 3.82. The first-order valence-corrected chi connectivity index (χ1v) is 8.35. The van der Waals surface area contributed by atoms with Crippen molar-refractivity contribution in [1.29, 1.82) is 0 Å². The van der Waals surface area contributed by atoms with Crippen molar-refractivity contribution in [3.63, 3.8) is 0 Å². The van der Waals surface area contributed by atoms with Gasteiger partial charge in [-0.1, -0.05) is 26.0 Å². The molecule has 2 rings (SSSR count). The first-order chi connectivity index (χ1) is 9.91. The zero-order chi connectivity index (χ0) is 15.5. The van der Waals surface area contributed by atoms with E-state index < -0.39 is 5.60 Å². The van der Waals surface area contributed by atoms with Gasteiger partial charge in [-0.05, 0) is 23.7 Å². The predicted molar refractivity (Wildman–Crippen MR) is 85.8 cm³/mol. The van der Waals surface area contributed by atoms with Crippen molar-refractivity contribution in [3.05, 3.63) is 39.4 Å². The summed E-state index contributed by atoms with van der Waals surface area (Å²) in [6.07, 6.45) is 0.803. The van der Waals surface area contributed by atoms with Gasteiger partial charge in [0.15, 0.2) is 0 Å². The molecule has 1 aromatic carbocycles. The Hall–Kier alpha value is -1.11. The molecule has 1 aliphatic heterocycles. The van der Waals surface area contributed by atoms with E-state index in [-0.39, 0.29) is 16.5 Å². The normalized spacial score (nSPS) is 21.9. The standard InChI is InChI=1S/C15H22N2O3S/c1-11(2)13-4-3-12(7-14(13)17(19)20)8-16-9-15(18)5-6-21-10-15/h3-4,7,11,16,18H,5-6,8-10H2,1-2H3. The van der Waals surface area contributed by atoms with Gasteiger partial charge in [0.2, 0.25) is 0 Å². The third kappa shape index (κ3) is 4.18. The van der Waals surface area contributed by atoms with E-state index in [9.17, 15) is 15.2 Å². The lowest BCUT2D eigenvalue weighted by Gasteiger charge is -2.21. The maximum Gasteiger partial charge on any atom is 0.273 e. The zero-order valence-electron chi connectivity index (χ0n) is 12.5. The quantitative estimate of drug-likeness (QED) is 0.624. The second-order valence-corrected chi connectivity index (χ2v) is 7.04. The van der Waals surface area contributed by atoms with Crippen molar-refractivity contribution in [2.45, 2.75) is 38.3 Å². The molecule has 21 heavy (non-hydrogen) atoms. The molecule has 1 fully saturated rings. The molecule has 5 nitrogen and oxygen atoms in total. The average Bonchev–Trinajstić information content (AvgIpc) is 2.85. The number of hydrogen-bond donors (Lipinski definition) is 2. The molecule has 1 heterocycles. The van der Waals surface area contributed by atoms with Gasteiger partial charge in [0.05, 0.1) is 10.5 Å². The highest BCUT2D eigenvalue weighted by atomic mass is 32.2. The van der Waals surface area contributed by atoms with Crippen molar-refractivity contribution in [2.24, 2.45) is 0 Å². The summed E-state index contributed by atoms with van der Waals surface area (Å²) in [6.45, 7) is 4.97. The predicted octanol–water partition coefficient (Wildman–Crippen LogP) is 2.68. The zero-order valence-corrected chi connectivity index (χ0v) is 13.3. The van der Waals surface area contributed by atoms with E-state index in [2.05, 4.69) is 5.32 Å². The molecule has 0 radical (unpaired) electrons. The van der Waals surface area contributed by atoms with Crippen LogP contribution in [0.1, 0.15) is 37.3 Å². The van der Waals surface area contributed by atoms with Crippen LogP contribution in [0.4, 0.5) is 5.69 Å². The van der Waals surface area contributed by atoms with Crippen LogP contribution >= 0.6 is 11.8 Å². The van der Waals surface area contributed by atoms with Crippen LogP contribution in [0, 0.1) is 10.1 Å². The number of rotatable bonds is 6. The Morgan fingerprint density at radius 2 is 2.29 bits per heavy atom. The second-order valence-electron chi connectivity index (χ2n) is 5.94. The minimum absolute atomic E-state index is 0.128. The van der Waals surface area contributed by atoms with Gasteiger partial charge < -0.3 is 10.4 Å². The van der Waals surface area contributed by atoms with E-state index in [1.54, 1.807) is 17.8 Å². The van der Waals surface area contributed by atoms with Crippen LogP contribution in [0.15, 0.2) is 18.2 Å². The second kappa shape index (κ2) is 6.77. The smallest absolute Gasteiger partial charge is 0.273 e. The number of benzene rings is 1. The van der Waals surface area contributed by atoms with Crippen LogP contribution in [0.5, 0.6) is 0 Å². The molecule has 2 N–H and O–H groups in total. The summed E-state index contributed by atoms with van der Waals surface area (Å²) in [4.78, 5) is 10.8. The number of nitro groups is 1. The molecule has 0 spiro atoms. The molecular weight excluding hydrogens is 288 g/mol. The highest BCUT2D eigenvalue weighted by molar-refractivity contribution is 7.99. The number of nitrogens with zero attached hydrogens (tertiary/aromatic N) is 1. The lowest BCUT2D eigenvalue weighted by Crippen LogP contribution is -2.40. The number of hydrogen-bond acceptors (Lipinski definition) is 5. The minimum atomic E-state index is -0.630. The van der Waals surface area contributed by atoms with Gasteiger partial charge in [-0.3, -0.25) is 10.1 Å². The maximum absolute atomic E-state index is 11.2. The van der Waals surface area contributed by atoms with Crippen LogP contribution < -0.4 is 5.32 Å². The molecule has 1 aliphatic rings.